The van der Waals surface area contributed by atoms with E-state index in [4.69, 9.17) is 11.6 Å². The zero-order valence-corrected chi connectivity index (χ0v) is 20.0. The number of halogens is 1. The molecule has 0 aliphatic carbocycles. The Labute approximate surface area is 195 Å². The van der Waals surface area contributed by atoms with Crippen molar-refractivity contribution in [3.8, 4) is 0 Å². The van der Waals surface area contributed by atoms with Gasteiger partial charge in [0.1, 0.15) is 11.0 Å². The maximum atomic E-state index is 12.9. The Kier molecular flexibility index (Phi) is 10.6. The molecule has 0 aliphatic heterocycles. The molecular weight excluding hydrogens is 428 g/mol. The van der Waals surface area contributed by atoms with E-state index in [1.165, 1.54) is 11.8 Å². The zero-order chi connectivity index (χ0) is 22.6. The fraction of sp³-hybridized carbons (Fsp3) is 0.375. The third-order valence-electron chi connectivity index (χ3n) is 4.50. The molecule has 0 aliphatic rings. The van der Waals surface area contributed by atoms with Gasteiger partial charge < -0.3 is 9.80 Å². The monoisotopic (exact) mass is 458 g/mol. The Morgan fingerprint density at radius 2 is 1.77 bits per heavy atom. The number of aromatic nitrogens is 2. The van der Waals surface area contributed by atoms with Crippen molar-refractivity contribution in [3.05, 3.63) is 71.9 Å². The number of carbonyl (C=O) groups is 1. The molecule has 0 bridgehead atoms. The van der Waals surface area contributed by atoms with Gasteiger partial charge in [0.25, 0.3) is 5.91 Å². The summed E-state index contributed by atoms with van der Waals surface area (Å²) in [5.74, 6) is 1.47. The molecule has 1 aromatic heterocycles. The summed E-state index contributed by atoms with van der Waals surface area (Å²) in [7, 11) is 0. The molecule has 0 atom stereocenters. The number of hydrogen-bond acceptors (Lipinski definition) is 5. The van der Waals surface area contributed by atoms with E-state index in [0.29, 0.717) is 29.2 Å². The van der Waals surface area contributed by atoms with Crippen LogP contribution in [0.5, 0.6) is 0 Å². The first-order valence-corrected chi connectivity index (χ1v) is 11.9. The highest BCUT2D eigenvalue weighted by molar-refractivity contribution is 7.98. The zero-order valence-electron chi connectivity index (χ0n) is 18.4. The summed E-state index contributed by atoms with van der Waals surface area (Å²) in [6.45, 7) is 14.6. The molecule has 0 unspecified atom stereocenters. The van der Waals surface area contributed by atoms with Crippen molar-refractivity contribution in [2.75, 3.05) is 31.1 Å². The minimum atomic E-state index is 0.0846. The maximum absolute atomic E-state index is 12.9. The van der Waals surface area contributed by atoms with E-state index in [-0.39, 0.29) is 5.91 Å². The molecule has 1 heterocycles. The SMILES string of the molecule is C=CCN(CC=C)c1cc(Cl)nc(SCc2cccc(C(=O)N(CCC)CCC)c2)n1. The average molecular weight is 459 g/mol. The number of amides is 1. The largest absolute Gasteiger partial charge is 0.349 e. The molecule has 0 fully saturated rings. The lowest BCUT2D eigenvalue weighted by atomic mass is 10.1. The van der Waals surface area contributed by atoms with Crippen molar-refractivity contribution in [2.45, 2.75) is 37.6 Å². The molecule has 0 radical (unpaired) electrons. The van der Waals surface area contributed by atoms with E-state index in [2.05, 4.69) is 37.0 Å². The Morgan fingerprint density at radius 3 is 2.39 bits per heavy atom. The van der Waals surface area contributed by atoms with Gasteiger partial charge >= 0.3 is 0 Å². The lowest BCUT2D eigenvalue weighted by Crippen LogP contribution is -2.32. The highest BCUT2D eigenvalue weighted by Gasteiger charge is 2.15. The summed E-state index contributed by atoms with van der Waals surface area (Å²) in [5.41, 5.74) is 1.76. The fourth-order valence-electron chi connectivity index (χ4n) is 3.16. The van der Waals surface area contributed by atoms with E-state index in [9.17, 15) is 4.79 Å². The molecule has 1 aromatic carbocycles. The van der Waals surface area contributed by atoms with Crippen LogP contribution in [0.4, 0.5) is 5.82 Å². The fourth-order valence-corrected chi connectivity index (χ4v) is 4.19. The van der Waals surface area contributed by atoms with E-state index in [1.54, 1.807) is 6.07 Å². The minimum Gasteiger partial charge on any atom is -0.349 e. The standard InChI is InChI=1S/C24H31ClN4OS/c1-5-12-28(13-6-2)22-17-21(25)26-24(27-22)31-18-19-10-9-11-20(16-19)23(30)29(14-7-3)15-8-4/h5-6,9-11,16-17H,1-2,7-8,12-15,18H2,3-4H3. The van der Waals surface area contributed by atoms with Crippen molar-refractivity contribution in [2.24, 2.45) is 0 Å². The predicted octanol–water partition coefficient (Wildman–Crippen LogP) is 5.86. The van der Waals surface area contributed by atoms with Crippen molar-refractivity contribution in [1.29, 1.82) is 0 Å². The number of carbonyl (C=O) groups excluding carboxylic acids is 1. The average Bonchev–Trinajstić information content (AvgIpc) is 2.77. The van der Waals surface area contributed by atoms with Gasteiger partial charge in [-0.15, -0.1) is 13.2 Å². The maximum Gasteiger partial charge on any atom is 0.253 e. The third kappa shape index (κ3) is 7.71. The van der Waals surface area contributed by atoms with Crippen LogP contribution in [0.2, 0.25) is 5.15 Å². The van der Waals surface area contributed by atoms with Gasteiger partial charge in [-0.05, 0) is 30.5 Å². The van der Waals surface area contributed by atoms with Gasteiger partial charge in [-0.1, -0.05) is 61.5 Å². The summed E-state index contributed by atoms with van der Waals surface area (Å²) in [4.78, 5) is 25.8. The first-order valence-electron chi connectivity index (χ1n) is 10.5. The van der Waals surface area contributed by atoms with Crippen molar-refractivity contribution in [1.82, 2.24) is 14.9 Å². The van der Waals surface area contributed by atoms with Crippen LogP contribution in [0, 0.1) is 0 Å². The molecule has 1 amide bonds. The number of rotatable bonds is 13. The number of nitrogens with zero attached hydrogens (tertiary/aromatic N) is 4. The Hall–Kier alpha value is -2.31. The molecule has 2 aromatic rings. The number of hydrogen-bond donors (Lipinski definition) is 0. The number of benzene rings is 1. The predicted molar refractivity (Wildman–Crippen MR) is 132 cm³/mol. The number of anilines is 1. The summed E-state index contributed by atoms with van der Waals surface area (Å²) in [6, 6.07) is 9.53. The van der Waals surface area contributed by atoms with Gasteiger partial charge in [0.15, 0.2) is 5.16 Å². The van der Waals surface area contributed by atoms with Crippen molar-refractivity contribution < 1.29 is 4.79 Å². The second kappa shape index (κ2) is 13.2. The van der Waals surface area contributed by atoms with Gasteiger partial charge in [0.2, 0.25) is 0 Å². The molecular formula is C24H31ClN4OS. The quantitative estimate of drug-likeness (QED) is 0.163. The van der Waals surface area contributed by atoms with Gasteiger partial charge in [-0.25, -0.2) is 9.97 Å². The second-order valence-electron chi connectivity index (χ2n) is 7.10. The molecule has 0 saturated heterocycles. The summed E-state index contributed by atoms with van der Waals surface area (Å²) in [5, 5.41) is 0.986. The summed E-state index contributed by atoms with van der Waals surface area (Å²) in [6.07, 6.45) is 5.53. The van der Waals surface area contributed by atoms with E-state index in [1.807, 2.05) is 46.2 Å². The topological polar surface area (TPSA) is 49.3 Å². The molecule has 5 nitrogen and oxygen atoms in total. The number of thioether (sulfide) groups is 1. The van der Waals surface area contributed by atoms with Crippen molar-refractivity contribution >= 4 is 35.1 Å². The van der Waals surface area contributed by atoms with Crippen LogP contribution in [0.3, 0.4) is 0 Å². The van der Waals surface area contributed by atoms with Gasteiger partial charge in [0, 0.05) is 43.6 Å². The summed E-state index contributed by atoms with van der Waals surface area (Å²) < 4.78 is 0. The van der Waals surface area contributed by atoms with Crippen LogP contribution < -0.4 is 4.90 Å². The van der Waals surface area contributed by atoms with Crippen molar-refractivity contribution in [3.63, 3.8) is 0 Å². The second-order valence-corrected chi connectivity index (χ2v) is 8.42. The van der Waals surface area contributed by atoms with E-state index < -0.39 is 0 Å². The van der Waals surface area contributed by atoms with E-state index in [0.717, 1.165) is 42.9 Å². The Bertz CT molecular complexity index is 874. The van der Waals surface area contributed by atoms with Gasteiger partial charge in [-0.2, -0.15) is 0 Å². The Balaban J connectivity index is 2.14. The van der Waals surface area contributed by atoms with Gasteiger partial charge in [0.05, 0.1) is 0 Å². The van der Waals surface area contributed by atoms with E-state index >= 15 is 0 Å². The molecule has 7 heteroatoms. The molecule has 31 heavy (non-hydrogen) atoms. The first kappa shape index (κ1) is 25.0. The lowest BCUT2D eigenvalue weighted by molar-refractivity contribution is 0.0755. The Morgan fingerprint density at radius 1 is 1.10 bits per heavy atom. The first-order chi connectivity index (χ1) is 15.0. The highest BCUT2D eigenvalue weighted by atomic mass is 35.5. The smallest absolute Gasteiger partial charge is 0.253 e. The highest BCUT2D eigenvalue weighted by Crippen LogP contribution is 2.25. The molecule has 0 spiro atoms. The molecule has 0 N–H and O–H groups in total. The lowest BCUT2D eigenvalue weighted by Gasteiger charge is -2.22. The van der Waals surface area contributed by atoms with Crippen LogP contribution in [0.15, 0.2) is 60.8 Å². The molecule has 2 rings (SSSR count). The van der Waals surface area contributed by atoms with Crippen LogP contribution in [0.25, 0.3) is 0 Å². The normalized spacial score (nSPS) is 10.5. The molecule has 166 valence electrons. The molecule has 0 saturated carbocycles. The van der Waals surface area contributed by atoms with Crippen LogP contribution in [-0.4, -0.2) is 47.0 Å². The van der Waals surface area contributed by atoms with Crippen LogP contribution in [0.1, 0.15) is 42.6 Å². The van der Waals surface area contributed by atoms with Crippen LogP contribution >= 0.6 is 23.4 Å². The van der Waals surface area contributed by atoms with Gasteiger partial charge in [-0.3, -0.25) is 4.79 Å². The van der Waals surface area contributed by atoms with Crippen LogP contribution in [-0.2, 0) is 5.75 Å². The minimum absolute atomic E-state index is 0.0846. The third-order valence-corrected chi connectivity index (χ3v) is 5.61. The summed E-state index contributed by atoms with van der Waals surface area (Å²) >= 11 is 7.74.